The Bertz CT molecular complexity index is 1150. The fourth-order valence-electron chi connectivity index (χ4n) is 3.44. The highest BCUT2D eigenvalue weighted by molar-refractivity contribution is 6.30. The van der Waals surface area contributed by atoms with Crippen LogP contribution in [0.1, 0.15) is 6.92 Å². The Balaban J connectivity index is 1.95. The molecule has 3 heterocycles. The van der Waals surface area contributed by atoms with Gasteiger partial charge in [-0.2, -0.15) is 0 Å². The van der Waals surface area contributed by atoms with Crippen molar-refractivity contribution < 1.29 is 4.57 Å². The van der Waals surface area contributed by atoms with E-state index in [1.165, 1.54) is 9.13 Å². The summed E-state index contributed by atoms with van der Waals surface area (Å²) in [6.45, 7) is 7.21. The van der Waals surface area contributed by atoms with Crippen molar-refractivity contribution in [2.24, 2.45) is 7.05 Å². The smallest absolute Gasteiger partial charge is 0.267 e. The molecule has 1 aliphatic heterocycles. The lowest BCUT2D eigenvalue weighted by Crippen LogP contribution is -2.44. The number of aryl methyl sites for hydroxylation is 1. The van der Waals surface area contributed by atoms with Crippen LogP contribution < -0.4 is 20.7 Å². The van der Waals surface area contributed by atoms with Crippen molar-refractivity contribution in [3.8, 4) is 0 Å². The van der Waals surface area contributed by atoms with Crippen LogP contribution >= 0.6 is 11.6 Å². The molecule has 134 valence electrons. The number of H-pyrrole nitrogens is 1. The molecule has 2 aromatic heterocycles. The van der Waals surface area contributed by atoms with Gasteiger partial charge in [-0.3, -0.25) is 13.9 Å². The van der Waals surface area contributed by atoms with Gasteiger partial charge in [0.1, 0.15) is 18.8 Å². The third kappa shape index (κ3) is 2.39. The van der Waals surface area contributed by atoms with E-state index in [1.807, 2.05) is 28.8 Å². The molecule has 0 atom stereocenters. The van der Waals surface area contributed by atoms with Gasteiger partial charge >= 0.3 is 11.6 Å². The molecule has 0 amide bonds. The third-order valence-corrected chi connectivity index (χ3v) is 4.90. The van der Waals surface area contributed by atoms with E-state index in [0.29, 0.717) is 22.7 Å². The summed E-state index contributed by atoms with van der Waals surface area (Å²) in [6.07, 6.45) is 0. The van der Waals surface area contributed by atoms with Crippen molar-refractivity contribution in [2.45, 2.75) is 20.0 Å². The highest BCUT2D eigenvalue weighted by atomic mass is 35.5. The predicted molar refractivity (Wildman–Crippen MR) is 101 cm³/mol. The monoisotopic (exact) mass is 372 g/mol. The van der Waals surface area contributed by atoms with Crippen LogP contribution in [0.5, 0.6) is 0 Å². The Labute approximate surface area is 154 Å². The summed E-state index contributed by atoms with van der Waals surface area (Å²) >= 11 is 5.98. The lowest BCUT2D eigenvalue weighted by molar-refractivity contribution is -0.644. The van der Waals surface area contributed by atoms with E-state index >= 15 is 0 Å². The Morgan fingerprint density at radius 1 is 1.31 bits per heavy atom. The summed E-state index contributed by atoms with van der Waals surface area (Å²) in [4.78, 5) is 30.9. The number of nitrogens with zero attached hydrogens (tertiary/aromatic N) is 4. The van der Waals surface area contributed by atoms with Crippen molar-refractivity contribution >= 4 is 34.4 Å². The standard InChI is InChI=1S/C18H18ClN5O2/c1-11(2)10-24-16(25)14-15(21(3)18(24)26)20-17-22(8-9-23(14)17)13-6-4-12(19)5-7-13/h4-7H,1,8-10H2,2-3H3/p+1. The second kappa shape index (κ2) is 5.88. The van der Waals surface area contributed by atoms with Gasteiger partial charge < -0.3 is 0 Å². The molecule has 7 nitrogen and oxygen atoms in total. The maximum atomic E-state index is 13.0. The maximum Gasteiger partial charge on any atom is 0.364 e. The van der Waals surface area contributed by atoms with Crippen LogP contribution in [0.2, 0.25) is 5.02 Å². The lowest BCUT2D eigenvalue weighted by Gasteiger charge is -2.09. The zero-order valence-corrected chi connectivity index (χ0v) is 15.4. The second-order valence-corrected chi connectivity index (χ2v) is 7.05. The predicted octanol–water partition coefficient (Wildman–Crippen LogP) is 1.70. The minimum absolute atomic E-state index is 0.211. The van der Waals surface area contributed by atoms with E-state index in [0.717, 1.165) is 23.8 Å². The van der Waals surface area contributed by atoms with E-state index in [2.05, 4.69) is 16.5 Å². The summed E-state index contributed by atoms with van der Waals surface area (Å²) in [5, 5.41) is 0.669. The van der Waals surface area contributed by atoms with Gasteiger partial charge in [-0.1, -0.05) is 23.8 Å². The average Bonchev–Trinajstić information content (AvgIpc) is 3.16. The van der Waals surface area contributed by atoms with Crippen LogP contribution in [0.25, 0.3) is 11.2 Å². The fraction of sp³-hybridized carbons (Fsp3) is 0.278. The molecule has 4 rings (SSSR count). The Kier molecular flexibility index (Phi) is 3.77. The number of anilines is 2. The molecule has 0 aliphatic carbocycles. The highest BCUT2D eigenvalue weighted by Crippen LogP contribution is 2.27. The number of hydrogen-bond acceptors (Lipinski definition) is 3. The summed E-state index contributed by atoms with van der Waals surface area (Å²) in [5.41, 5.74) is 2.09. The largest absolute Gasteiger partial charge is 0.364 e. The molecular formula is C18H19ClN5O2+. The van der Waals surface area contributed by atoms with Gasteiger partial charge in [0.2, 0.25) is 11.2 Å². The molecule has 0 bridgehead atoms. The average molecular weight is 373 g/mol. The zero-order chi connectivity index (χ0) is 18.6. The van der Waals surface area contributed by atoms with Crippen LogP contribution in [-0.4, -0.2) is 20.7 Å². The Hall–Kier alpha value is -2.80. The number of nitrogens with one attached hydrogen (secondary N) is 1. The number of aromatic amines is 1. The number of hydrogen-bond donors (Lipinski definition) is 1. The van der Waals surface area contributed by atoms with Crippen molar-refractivity contribution in [1.82, 2.24) is 14.1 Å². The molecule has 0 radical (unpaired) electrons. The number of halogens is 1. The van der Waals surface area contributed by atoms with Gasteiger partial charge in [-0.05, 0) is 31.2 Å². The quantitative estimate of drug-likeness (QED) is 0.562. The molecular weight excluding hydrogens is 354 g/mol. The topological polar surface area (TPSA) is 66.9 Å². The first kappa shape index (κ1) is 16.7. The van der Waals surface area contributed by atoms with Gasteiger partial charge in [0.05, 0.1) is 6.54 Å². The van der Waals surface area contributed by atoms with Crippen LogP contribution in [0.3, 0.4) is 0 Å². The molecule has 1 aromatic carbocycles. The lowest BCUT2D eigenvalue weighted by atomic mass is 10.3. The zero-order valence-electron chi connectivity index (χ0n) is 14.6. The number of allylic oxidation sites excluding steroid dienone is 1. The van der Waals surface area contributed by atoms with Gasteiger partial charge in [-0.25, -0.2) is 19.2 Å². The first-order valence-corrected chi connectivity index (χ1v) is 8.69. The summed E-state index contributed by atoms with van der Waals surface area (Å²) < 4.78 is 4.64. The summed E-state index contributed by atoms with van der Waals surface area (Å²) in [5.74, 6) is 0.780. The van der Waals surface area contributed by atoms with E-state index < -0.39 is 0 Å². The molecule has 26 heavy (non-hydrogen) atoms. The number of fused-ring (bicyclic) bond motifs is 3. The summed E-state index contributed by atoms with van der Waals surface area (Å²) in [7, 11) is 1.66. The van der Waals surface area contributed by atoms with Gasteiger partial charge in [0.15, 0.2) is 0 Å². The minimum atomic E-state index is -0.357. The molecule has 0 spiro atoms. The Morgan fingerprint density at radius 3 is 2.65 bits per heavy atom. The molecule has 8 heteroatoms. The molecule has 0 fully saturated rings. The van der Waals surface area contributed by atoms with E-state index in [4.69, 9.17) is 11.6 Å². The van der Waals surface area contributed by atoms with Gasteiger partial charge in [0, 0.05) is 12.1 Å². The van der Waals surface area contributed by atoms with Crippen LogP contribution in [0.4, 0.5) is 11.6 Å². The maximum absolute atomic E-state index is 13.0. The minimum Gasteiger partial charge on any atom is -0.267 e. The normalized spacial score (nSPS) is 13.4. The van der Waals surface area contributed by atoms with Crippen molar-refractivity contribution in [2.75, 3.05) is 11.4 Å². The SMILES string of the molecule is C=C(C)Cn1c(=O)c2c([nH]c3[n+]2CCN3c2ccc(Cl)cc2)n(C)c1=O. The van der Waals surface area contributed by atoms with Gasteiger partial charge in [0.25, 0.3) is 5.56 Å². The molecule has 3 aromatic rings. The Morgan fingerprint density at radius 2 is 2.00 bits per heavy atom. The first-order chi connectivity index (χ1) is 12.4. The molecule has 0 saturated carbocycles. The van der Waals surface area contributed by atoms with E-state index in [9.17, 15) is 9.59 Å². The first-order valence-electron chi connectivity index (χ1n) is 8.31. The van der Waals surface area contributed by atoms with Crippen molar-refractivity contribution in [3.05, 3.63) is 62.3 Å². The van der Waals surface area contributed by atoms with Crippen molar-refractivity contribution in [3.63, 3.8) is 0 Å². The van der Waals surface area contributed by atoms with Crippen molar-refractivity contribution in [1.29, 1.82) is 0 Å². The summed E-state index contributed by atoms with van der Waals surface area (Å²) in [6, 6.07) is 7.53. The van der Waals surface area contributed by atoms with Crippen LogP contribution in [0.15, 0.2) is 46.0 Å². The fourth-order valence-corrected chi connectivity index (χ4v) is 3.56. The molecule has 1 aliphatic rings. The molecule has 0 saturated heterocycles. The van der Waals surface area contributed by atoms with Gasteiger partial charge in [-0.15, -0.1) is 0 Å². The number of benzene rings is 1. The second-order valence-electron chi connectivity index (χ2n) is 6.62. The number of imidazole rings is 1. The highest BCUT2D eigenvalue weighted by Gasteiger charge is 2.35. The molecule has 1 N–H and O–H groups in total. The van der Waals surface area contributed by atoms with E-state index in [1.54, 1.807) is 14.0 Å². The van der Waals surface area contributed by atoms with Crippen LogP contribution in [-0.2, 0) is 20.1 Å². The molecule has 0 unspecified atom stereocenters. The number of rotatable bonds is 3. The van der Waals surface area contributed by atoms with E-state index in [-0.39, 0.29) is 17.8 Å². The third-order valence-electron chi connectivity index (χ3n) is 4.65. The van der Waals surface area contributed by atoms with Crippen LogP contribution in [0, 0.1) is 0 Å². The number of aromatic nitrogens is 4.